The third-order valence-electron chi connectivity index (χ3n) is 5.64. The van der Waals surface area contributed by atoms with Crippen LogP contribution in [0.25, 0.3) is 11.4 Å². The van der Waals surface area contributed by atoms with E-state index in [0.29, 0.717) is 29.6 Å². The highest BCUT2D eigenvalue weighted by Gasteiger charge is 2.42. The van der Waals surface area contributed by atoms with Gasteiger partial charge in [-0.05, 0) is 56.6 Å². The molecular weight excluding hydrogens is 428 g/mol. The lowest BCUT2D eigenvalue weighted by molar-refractivity contribution is -0.122. The average Bonchev–Trinajstić information content (AvgIpc) is 3.43. The van der Waals surface area contributed by atoms with Gasteiger partial charge in [0.1, 0.15) is 0 Å². The molecule has 2 fully saturated rings. The van der Waals surface area contributed by atoms with Crippen molar-refractivity contribution < 1.29 is 17.7 Å². The van der Waals surface area contributed by atoms with E-state index in [0.717, 1.165) is 31.5 Å². The number of amides is 1. The Hall–Kier alpha value is -1.97. The van der Waals surface area contributed by atoms with E-state index in [1.54, 1.807) is 12.1 Å². The van der Waals surface area contributed by atoms with Crippen LogP contribution in [-0.2, 0) is 21.1 Å². The van der Waals surface area contributed by atoms with Gasteiger partial charge < -0.3 is 9.84 Å². The van der Waals surface area contributed by atoms with Crippen LogP contribution in [0.15, 0.2) is 28.8 Å². The molecule has 1 aromatic heterocycles. The van der Waals surface area contributed by atoms with E-state index in [4.69, 9.17) is 16.1 Å². The van der Waals surface area contributed by atoms with Crippen molar-refractivity contribution in [2.24, 2.45) is 0 Å². The van der Waals surface area contributed by atoms with Gasteiger partial charge in [0.05, 0.1) is 17.5 Å². The summed E-state index contributed by atoms with van der Waals surface area (Å²) in [5, 5.41) is 7.54. The van der Waals surface area contributed by atoms with Gasteiger partial charge in [-0.15, -0.1) is 0 Å². The number of benzene rings is 1. The van der Waals surface area contributed by atoms with Gasteiger partial charge in [0.15, 0.2) is 9.84 Å². The van der Waals surface area contributed by atoms with Crippen LogP contribution in [0.4, 0.5) is 0 Å². The highest BCUT2D eigenvalue weighted by Crippen LogP contribution is 2.23. The molecule has 2 unspecified atom stereocenters. The van der Waals surface area contributed by atoms with Crippen LogP contribution in [-0.4, -0.2) is 66.0 Å². The Morgan fingerprint density at radius 2 is 1.93 bits per heavy atom. The maximum atomic E-state index is 12.4. The minimum absolute atomic E-state index is 0.0218. The summed E-state index contributed by atoms with van der Waals surface area (Å²) in [5.41, 5.74) is 0.808. The number of nitrogens with zero attached hydrogens (tertiary/aromatic N) is 3. The minimum atomic E-state index is -3.12. The first-order valence-electron chi connectivity index (χ1n) is 10.2. The van der Waals surface area contributed by atoms with E-state index in [1.165, 1.54) is 0 Å². The van der Waals surface area contributed by atoms with Crippen molar-refractivity contribution in [3.8, 4) is 11.4 Å². The number of carbonyl (C=O) groups is 1. The number of sulfone groups is 1. The summed E-state index contributed by atoms with van der Waals surface area (Å²) >= 11 is 5.89. The number of nitrogens with one attached hydrogen (secondary N) is 1. The smallest absolute Gasteiger partial charge is 0.226 e. The highest BCUT2D eigenvalue weighted by atomic mass is 35.5. The van der Waals surface area contributed by atoms with Crippen LogP contribution in [0.2, 0.25) is 5.02 Å². The van der Waals surface area contributed by atoms with Crippen molar-refractivity contribution in [1.29, 1.82) is 0 Å². The lowest BCUT2D eigenvalue weighted by Crippen LogP contribution is -2.50. The van der Waals surface area contributed by atoms with Gasteiger partial charge >= 0.3 is 0 Å². The van der Waals surface area contributed by atoms with Crippen molar-refractivity contribution in [3.63, 3.8) is 0 Å². The first-order valence-corrected chi connectivity index (χ1v) is 12.4. The summed E-state index contributed by atoms with van der Waals surface area (Å²) in [6, 6.07) is 6.71. The summed E-state index contributed by atoms with van der Waals surface area (Å²) < 4.78 is 29.5. The molecule has 1 N–H and O–H groups in total. The second-order valence-corrected chi connectivity index (χ2v) is 10.5. The van der Waals surface area contributed by atoms with Crippen LogP contribution >= 0.6 is 11.6 Å². The normalized spacial score (nSPS) is 23.6. The second-order valence-electron chi connectivity index (χ2n) is 7.93. The fraction of sp³-hybridized carbons (Fsp3) is 0.550. The Morgan fingerprint density at radius 1 is 1.20 bits per heavy atom. The molecular formula is C20H25ClN4O4S. The second kappa shape index (κ2) is 9.03. The number of hydrogen-bond donors (Lipinski definition) is 1. The zero-order valence-electron chi connectivity index (χ0n) is 16.6. The molecule has 1 amide bonds. The number of rotatable bonds is 7. The molecule has 10 heteroatoms. The molecule has 30 heavy (non-hydrogen) atoms. The van der Waals surface area contributed by atoms with Gasteiger partial charge in [-0.25, -0.2) is 8.42 Å². The van der Waals surface area contributed by atoms with E-state index in [9.17, 15) is 13.2 Å². The minimum Gasteiger partial charge on any atom is -0.351 e. The van der Waals surface area contributed by atoms with Gasteiger partial charge in [0.25, 0.3) is 0 Å². The van der Waals surface area contributed by atoms with E-state index >= 15 is 0 Å². The first kappa shape index (κ1) is 21.3. The van der Waals surface area contributed by atoms with Crippen LogP contribution in [0.1, 0.15) is 31.6 Å². The zero-order valence-corrected chi connectivity index (χ0v) is 18.2. The fourth-order valence-electron chi connectivity index (χ4n) is 4.15. The zero-order chi connectivity index (χ0) is 21.1. The predicted octanol–water partition coefficient (Wildman–Crippen LogP) is 2.09. The lowest BCUT2D eigenvalue weighted by Gasteiger charge is -2.28. The molecule has 0 aliphatic carbocycles. The number of likely N-dealkylation sites (tertiary alicyclic amines) is 1. The molecule has 3 heterocycles. The number of aromatic nitrogens is 2. The molecule has 2 aliphatic heterocycles. The van der Waals surface area contributed by atoms with E-state index in [1.807, 2.05) is 12.1 Å². The van der Waals surface area contributed by atoms with E-state index in [-0.39, 0.29) is 35.9 Å². The van der Waals surface area contributed by atoms with Crippen LogP contribution in [0, 0.1) is 0 Å². The third kappa shape index (κ3) is 5.19. The van der Waals surface area contributed by atoms with Crippen molar-refractivity contribution in [1.82, 2.24) is 20.4 Å². The quantitative estimate of drug-likeness (QED) is 0.685. The maximum Gasteiger partial charge on any atom is 0.226 e. The largest absolute Gasteiger partial charge is 0.351 e. The molecule has 2 aromatic rings. The Bertz CT molecular complexity index is 986. The summed E-state index contributed by atoms with van der Waals surface area (Å²) in [5.74, 6) is 0.960. The van der Waals surface area contributed by atoms with Crippen molar-refractivity contribution >= 4 is 27.3 Å². The van der Waals surface area contributed by atoms with Crippen molar-refractivity contribution in [2.75, 3.05) is 24.6 Å². The molecule has 0 spiro atoms. The van der Waals surface area contributed by atoms with Gasteiger partial charge in [-0.3, -0.25) is 9.69 Å². The number of carbonyl (C=O) groups excluding carboxylic acids is 1. The number of halogens is 1. The molecule has 1 aromatic carbocycles. The third-order valence-corrected chi connectivity index (χ3v) is 7.61. The summed E-state index contributed by atoms with van der Waals surface area (Å²) in [6.45, 7) is 1.80. The fourth-order valence-corrected chi connectivity index (χ4v) is 6.23. The van der Waals surface area contributed by atoms with Gasteiger partial charge in [0, 0.05) is 29.5 Å². The van der Waals surface area contributed by atoms with Crippen LogP contribution in [0.5, 0.6) is 0 Å². The Labute approximate surface area is 180 Å². The molecule has 0 saturated carbocycles. The van der Waals surface area contributed by atoms with E-state index in [2.05, 4.69) is 20.4 Å². The molecule has 8 nitrogen and oxygen atoms in total. The van der Waals surface area contributed by atoms with E-state index < -0.39 is 9.84 Å². The molecule has 2 atom stereocenters. The predicted molar refractivity (Wildman–Crippen MR) is 113 cm³/mol. The van der Waals surface area contributed by atoms with Crippen molar-refractivity contribution in [2.45, 2.75) is 44.2 Å². The van der Waals surface area contributed by atoms with Crippen LogP contribution in [0.3, 0.4) is 0 Å². The SMILES string of the molecule is O=C(CCCc1nc(-c2ccc(Cl)cc2)no1)NC1CS(=O)(=O)CC1N1CCCC1. The number of aryl methyl sites for hydroxylation is 1. The van der Waals surface area contributed by atoms with Gasteiger partial charge in [0.2, 0.25) is 17.6 Å². The average molecular weight is 453 g/mol. The topological polar surface area (TPSA) is 105 Å². The maximum absolute atomic E-state index is 12.4. The molecule has 0 radical (unpaired) electrons. The van der Waals surface area contributed by atoms with Crippen molar-refractivity contribution in [3.05, 3.63) is 35.2 Å². The molecule has 162 valence electrons. The molecule has 2 saturated heterocycles. The summed E-state index contributed by atoms with van der Waals surface area (Å²) in [4.78, 5) is 19.0. The molecule has 4 rings (SSSR count). The highest BCUT2D eigenvalue weighted by molar-refractivity contribution is 7.91. The Kier molecular flexibility index (Phi) is 6.40. The summed E-state index contributed by atoms with van der Waals surface area (Å²) in [6.07, 6.45) is 3.47. The Morgan fingerprint density at radius 3 is 2.67 bits per heavy atom. The van der Waals surface area contributed by atoms with Gasteiger partial charge in [-0.1, -0.05) is 16.8 Å². The first-order chi connectivity index (χ1) is 14.4. The standard InChI is InChI=1S/C20H25ClN4O4S/c21-15-8-6-14(7-9-15)20-23-19(29-24-20)5-3-4-18(26)22-16-12-30(27,28)13-17(16)25-10-1-2-11-25/h6-9,16-17H,1-5,10-13H2,(H,22,26). The number of hydrogen-bond acceptors (Lipinski definition) is 7. The molecule has 0 bridgehead atoms. The lowest BCUT2D eigenvalue weighted by atomic mass is 10.1. The summed E-state index contributed by atoms with van der Waals surface area (Å²) in [7, 11) is -3.12. The van der Waals surface area contributed by atoms with Crippen LogP contribution < -0.4 is 5.32 Å². The monoisotopic (exact) mass is 452 g/mol. The molecule has 2 aliphatic rings. The van der Waals surface area contributed by atoms with Gasteiger partial charge in [-0.2, -0.15) is 4.98 Å². The Balaban J connectivity index is 1.27.